The minimum absolute atomic E-state index is 0.154. The van der Waals surface area contributed by atoms with Crippen molar-refractivity contribution in [3.8, 4) is 0 Å². The number of benzene rings is 3. The molecule has 3 nitrogen and oxygen atoms in total. The number of thioether (sulfide) groups is 1. The first-order chi connectivity index (χ1) is 13.1. The number of rotatable bonds is 3. The maximum Gasteiger partial charge on any atom is 0.245 e. The fourth-order valence-corrected chi connectivity index (χ4v) is 7.70. The van der Waals surface area contributed by atoms with Crippen LogP contribution in [0.25, 0.3) is 10.8 Å². The van der Waals surface area contributed by atoms with Crippen molar-refractivity contribution in [2.45, 2.75) is 30.0 Å². The molecule has 1 fully saturated rings. The van der Waals surface area contributed by atoms with Gasteiger partial charge in [-0.05, 0) is 47.9 Å². The molecule has 5 rings (SSSR count). The second-order valence-corrected chi connectivity index (χ2v) is 10.4. The summed E-state index contributed by atoms with van der Waals surface area (Å²) in [6.07, 6.45) is 2.00. The van der Waals surface area contributed by atoms with E-state index in [2.05, 4.69) is 18.2 Å². The lowest BCUT2D eigenvalue weighted by molar-refractivity contribution is 0.435. The van der Waals surface area contributed by atoms with Crippen molar-refractivity contribution >= 4 is 32.6 Å². The van der Waals surface area contributed by atoms with E-state index in [1.807, 2.05) is 43.3 Å². The second-order valence-electron chi connectivity index (χ2n) is 7.31. The second kappa shape index (κ2) is 6.36. The molecular weight excluding hydrogens is 374 g/mol. The molecule has 1 heterocycles. The fourth-order valence-electron chi connectivity index (χ4n) is 4.27. The SMILES string of the molecule is Cc1ccc([C@@H]2SCCN2S(=O)(=O)c2ccc3c4c(cccc24)CC3)cc1. The van der Waals surface area contributed by atoms with E-state index >= 15 is 0 Å². The number of aryl methyl sites for hydroxylation is 3. The molecule has 3 aromatic rings. The molecular formula is C22H21NO2S2. The zero-order valence-corrected chi connectivity index (χ0v) is 16.8. The lowest BCUT2D eigenvalue weighted by Crippen LogP contribution is -2.30. The Hall–Kier alpha value is -1.82. The summed E-state index contributed by atoms with van der Waals surface area (Å²) in [5.74, 6) is 0.818. The van der Waals surface area contributed by atoms with Crippen LogP contribution < -0.4 is 0 Å². The molecule has 1 aliphatic carbocycles. The van der Waals surface area contributed by atoms with Crippen LogP contribution in [0.15, 0.2) is 59.5 Å². The van der Waals surface area contributed by atoms with E-state index in [-0.39, 0.29) is 5.37 Å². The molecule has 0 radical (unpaired) electrons. The van der Waals surface area contributed by atoms with Gasteiger partial charge >= 0.3 is 0 Å². The predicted octanol–water partition coefficient (Wildman–Crippen LogP) is 4.68. The first-order valence-electron chi connectivity index (χ1n) is 9.29. The van der Waals surface area contributed by atoms with Gasteiger partial charge in [-0.2, -0.15) is 4.31 Å². The Bertz CT molecular complexity index is 1130. The molecule has 138 valence electrons. The first kappa shape index (κ1) is 17.3. The van der Waals surface area contributed by atoms with Gasteiger partial charge in [-0.1, -0.05) is 54.1 Å². The van der Waals surface area contributed by atoms with Gasteiger partial charge in [0, 0.05) is 17.7 Å². The minimum Gasteiger partial charge on any atom is -0.207 e. The van der Waals surface area contributed by atoms with Crippen LogP contribution >= 0.6 is 11.8 Å². The molecule has 3 aromatic carbocycles. The van der Waals surface area contributed by atoms with Crippen molar-refractivity contribution in [3.05, 3.63) is 76.9 Å². The summed E-state index contributed by atoms with van der Waals surface area (Å²) < 4.78 is 29.0. The van der Waals surface area contributed by atoms with Crippen molar-refractivity contribution in [1.82, 2.24) is 4.31 Å². The van der Waals surface area contributed by atoms with Gasteiger partial charge in [-0.15, -0.1) is 11.8 Å². The number of sulfonamides is 1. The van der Waals surface area contributed by atoms with E-state index < -0.39 is 10.0 Å². The molecule has 1 saturated heterocycles. The van der Waals surface area contributed by atoms with Crippen molar-refractivity contribution in [2.75, 3.05) is 12.3 Å². The van der Waals surface area contributed by atoms with Crippen molar-refractivity contribution in [2.24, 2.45) is 0 Å². The van der Waals surface area contributed by atoms with Gasteiger partial charge in [-0.3, -0.25) is 0 Å². The zero-order chi connectivity index (χ0) is 18.6. The van der Waals surface area contributed by atoms with Gasteiger partial charge in [0.2, 0.25) is 10.0 Å². The van der Waals surface area contributed by atoms with Crippen molar-refractivity contribution in [1.29, 1.82) is 0 Å². The average Bonchev–Trinajstić information content (AvgIpc) is 3.32. The summed E-state index contributed by atoms with van der Waals surface area (Å²) in [7, 11) is -3.57. The molecule has 27 heavy (non-hydrogen) atoms. The highest BCUT2D eigenvalue weighted by Gasteiger charge is 2.38. The smallest absolute Gasteiger partial charge is 0.207 e. The summed E-state index contributed by atoms with van der Waals surface area (Å²) in [4.78, 5) is 0.449. The van der Waals surface area contributed by atoms with Crippen LogP contribution in [0.5, 0.6) is 0 Å². The Kier molecular flexibility index (Phi) is 4.08. The van der Waals surface area contributed by atoms with E-state index in [1.165, 1.54) is 16.7 Å². The fraction of sp³-hybridized carbons (Fsp3) is 0.273. The molecule has 0 spiro atoms. The first-order valence-corrected chi connectivity index (χ1v) is 11.8. The minimum atomic E-state index is -3.57. The van der Waals surface area contributed by atoms with Crippen LogP contribution in [0.1, 0.15) is 27.6 Å². The third-order valence-corrected chi connectivity index (χ3v) is 8.95. The number of hydrogen-bond acceptors (Lipinski definition) is 3. The third-order valence-electron chi connectivity index (χ3n) is 5.63. The van der Waals surface area contributed by atoms with Crippen LogP contribution in [-0.2, 0) is 22.9 Å². The molecule has 0 aromatic heterocycles. The normalized spacial score (nSPS) is 19.8. The summed E-state index contributed by atoms with van der Waals surface area (Å²) in [6.45, 7) is 2.60. The molecule has 1 atom stereocenters. The highest BCUT2D eigenvalue weighted by atomic mass is 32.2. The quantitative estimate of drug-likeness (QED) is 0.646. The van der Waals surface area contributed by atoms with E-state index in [4.69, 9.17) is 0 Å². The molecule has 0 bridgehead atoms. The van der Waals surface area contributed by atoms with Crippen LogP contribution in [0, 0.1) is 6.92 Å². The van der Waals surface area contributed by atoms with Gasteiger partial charge in [0.15, 0.2) is 0 Å². The Labute approximate surface area is 164 Å². The van der Waals surface area contributed by atoms with Gasteiger partial charge in [-0.25, -0.2) is 8.42 Å². The van der Waals surface area contributed by atoms with Gasteiger partial charge in [0.1, 0.15) is 0 Å². The Balaban J connectivity index is 1.63. The molecule has 0 amide bonds. The van der Waals surface area contributed by atoms with Crippen molar-refractivity contribution in [3.63, 3.8) is 0 Å². The van der Waals surface area contributed by atoms with Gasteiger partial charge in [0.05, 0.1) is 10.3 Å². The Morgan fingerprint density at radius 2 is 1.70 bits per heavy atom. The van der Waals surface area contributed by atoms with Crippen LogP contribution in [-0.4, -0.2) is 25.0 Å². The van der Waals surface area contributed by atoms with Gasteiger partial charge < -0.3 is 0 Å². The van der Waals surface area contributed by atoms with Gasteiger partial charge in [0.25, 0.3) is 0 Å². The van der Waals surface area contributed by atoms with E-state index in [0.717, 1.165) is 34.9 Å². The topological polar surface area (TPSA) is 37.4 Å². The number of hydrogen-bond donors (Lipinski definition) is 0. The molecule has 0 N–H and O–H groups in total. The maximum atomic E-state index is 13.7. The molecule has 0 saturated carbocycles. The Morgan fingerprint density at radius 3 is 2.48 bits per heavy atom. The van der Waals surface area contributed by atoms with Crippen LogP contribution in [0.4, 0.5) is 0 Å². The summed E-state index contributed by atoms with van der Waals surface area (Å²) >= 11 is 1.70. The largest absolute Gasteiger partial charge is 0.245 e. The average molecular weight is 396 g/mol. The third kappa shape index (κ3) is 2.72. The predicted molar refractivity (Wildman–Crippen MR) is 112 cm³/mol. The lowest BCUT2D eigenvalue weighted by atomic mass is 10.1. The molecule has 1 aliphatic heterocycles. The van der Waals surface area contributed by atoms with E-state index in [9.17, 15) is 8.42 Å². The number of nitrogens with zero attached hydrogens (tertiary/aromatic N) is 1. The molecule has 0 unspecified atom stereocenters. The van der Waals surface area contributed by atoms with E-state index in [1.54, 1.807) is 16.1 Å². The summed E-state index contributed by atoms with van der Waals surface area (Å²) in [5, 5.41) is 1.87. The van der Waals surface area contributed by atoms with Crippen LogP contribution in [0.3, 0.4) is 0 Å². The highest BCUT2D eigenvalue weighted by molar-refractivity contribution is 8.01. The monoisotopic (exact) mass is 395 g/mol. The maximum absolute atomic E-state index is 13.7. The zero-order valence-electron chi connectivity index (χ0n) is 15.2. The molecule has 2 aliphatic rings. The summed E-state index contributed by atoms with van der Waals surface area (Å²) in [5.41, 5.74) is 4.78. The van der Waals surface area contributed by atoms with Crippen molar-refractivity contribution < 1.29 is 8.42 Å². The Morgan fingerprint density at radius 1 is 0.963 bits per heavy atom. The lowest BCUT2D eigenvalue weighted by Gasteiger charge is -2.24. The molecule has 5 heteroatoms. The summed E-state index contributed by atoms with van der Waals surface area (Å²) in [6, 6.07) is 18.1. The van der Waals surface area contributed by atoms with E-state index in [0.29, 0.717) is 11.4 Å². The standard InChI is InChI=1S/C22H21NO2S2/c1-15-5-7-18(8-6-15)22-23(13-14-26-22)27(24,25)20-12-11-17-10-9-16-3-2-4-19(20)21(16)17/h2-8,11-12,22H,9-10,13-14H2,1H3/t22-/m0/s1. The highest BCUT2D eigenvalue weighted by Crippen LogP contribution is 2.43. The van der Waals surface area contributed by atoms with Crippen LogP contribution in [0.2, 0.25) is 0 Å².